The third-order valence-electron chi connectivity index (χ3n) is 3.72. The van der Waals surface area contributed by atoms with E-state index in [0.29, 0.717) is 14.4 Å². The molecule has 2 aromatic rings. The predicted molar refractivity (Wildman–Crippen MR) is 85.6 cm³/mol. The number of aromatic amines is 1. The molecule has 1 saturated heterocycles. The van der Waals surface area contributed by atoms with Crippen molar-refractivity contribution in [1.82, 2.24) is 14.5 Å². The molecule has 3 nitrogen and oxygen atoms in total. The maximum absolute atomic E-state index is 13.8. The molecule has 1 aromatic carbocycles. The molecule has 1 aromatic heterocycles. The second-order valence-electron chi connectivity index (χ2n) is 5.14. The molecule has 3 rings (SSSR count). The lowest BCUT2D eigenvalue weighted by molar-refractivity contribution is 0.214. The lowest BCUT2D eigenvalue weighted by Crippen LogP contribution is -2.33. The van der Waals surface area contributed by atoms with Crippen LogP contribution in [0.1, 0.15) is 18.9 Å². The van der Waals surface area contributed by atoms with Crippen LogP contribution in [0.15, 0.2) is 12.1 Å². The number of piperidine rings is 1. The molecule has 0 amide bonds. The van der Waals surface area contributed by atoms with Crippen LogP contribution >= 0.6 is 34.8 Å². The van der Waals surface area contributed by atoms with Gasteiger partial charge in [0.2, 0.25) is 0 Å². The van der Waals surface area contributed by atoms with Crippen molar-refractivity contribution in [3.63, 3.8) is 0 Å². The topological polar surface area (TPSA) is 24.0 Å². The summed E-state index contributed by atoms with van der Waals surface area (Å²) >= 11 is 7.43. The normalized spacial score (nSPS) is 21.1. The molecule has 1 N–H and O–H groups in total. The number of H-pyrrole nitrogens is 1. The molecule has 0 bridgehead atoms. The first-order valence-corrected chi connectivity index (χ1v) is 7.83. The van der Waals surface area contributed by atoms with E-state index < -0.39 is 0 Å². The standard InChI is InChI=1S/C13H15FIN3S/c1-17-4-2-3-8(7-17)18-12-5-9(14)10(15)6-11(12)16-13(18)19/h5-6,8H,2-4,7H2,1H3,(H,16,19). The number of benzene rings is 1. The van der Waals surface area contributed by atoms with Gasteiger partial charge in [0.15, 0.2) is 4.77 Å². The third kappa shape index (κ3) is 2.45. The highest BCUT2D eigenvalue weighted by atomic mass is 127. The molecule has 1 fully saturated rings. The lowest BCUT2D eigenvalue weighted by atomic mass is 10.1. The van der Waals surface area contributed by atoms with E-state index in [1.165, 1.54) is 0 Å². The van der Waals surface area contributed by atoms with Crippen LogP contribution in [-0.2, 0) is 0 Å². The van der Waals surface area contributed by atoms with Crippen LogP contribution in [-0.4, -0.2) is 34.6 Å². The van der Waals surface area contributed by atoms with E-state index in [9.17, 15) is 4.39 Å². The fourth-order valence-electron chi connectivity index (χ4n) is 2.83. The average molecular weight is 391 g/mol. The van der Waals surface area contributed by atoms with Crippen molar-refractivity contribution in [3.05, 3.63) is 26.3 Å². The van der Waals surface area contributed by atoms with Crippen molar-refractivity contribution in [2.24, 2.45) is 0 Å². The number of likely N-dealkylation sites (N-methyl/N-ethyl adjacent to an activating group) is 1. The van der Waals surface area contributed by atoms with Crippen LogP contribution < -0.4 is 0 Å². The molecule has 0 aliphatic carbocycles. The SMILES string of the molecule is CN1CCCC(n2c(=S)[nH]c3cc(I)c(F)cc32)C1. The summed E-state index contributed by atoms with van der Waals surface area (Å²) in [5.41, 5.74) is 1.80. The second-order valence-corrected chi connectivity index (χ2v) is 6.69. The predicted octanol–water partition coefficient (Wildman–Crippen LogP) is 3.71. The Morgan fingerprint density at radius 2 is 2.26 bits per heavy atom. The van der Waals surface area contributed by atoms with Crippen molar-refractivity contribution in [2.45, 2.75) is 18.9 Å². The number of rotatable bonds is 1. The minimum absolute atomic E-state index is 0.181. The first-order valence-electron chi connectivity index (χ1n) is 6.34. The van der Waals surface area contributed by atoms with Crippen molar-refractivity contribution in [1.29, 1.82) is 0 Å². The first-order chi connectivity index (χ1) is 9.06. The van der Waals surface area contributed by atoms with E-state index in [1.807, 2.05) is 28.7 Å². The molecule has 1 atom stereocenters. The van der Waals surface area contributed by atoms with Gasteiger partial charge in [0.05, 0.1) is 14.6 Å². The number of halogens is 2. The van der Waals surface area contributed by atoms with E-state index in [2.05, 4.69) is 21.5 Å². The van der Waals surface area contributed by atoms with Crippen molar-refractivity contribution in [3.8, 4) is 0 Å². The van der Waals surface area contributed by atoms with Crippen LogP contribution in [0.4, 0.5) is 4.39 Å². The fourth-order valence-corrected chi connectivity index (χ4v) is 3.66. The summed E-state index contributed by atoms with van der Waals surface area (Å²) in [6.07, 6.45) is 2.25. The Kier molecular flexibility index (Phi) is 3.65. The average Bonchev–Trinajstić information content (AvgIpc) is 2.65. The van der Waals surface area contributed by atoms with Crippen LogP contribution in [0.2, 0.25) is 0 Å². The molecule has 6 heteroatoms. The molecule has 0 saturated carbocycles. The second kappa shape index (κ2) is 5.14. The lowest BCUT2D eigenvalue weighted by Gasteiger charge is -2.30. The highest BCUT2D eigenvalue weighted by Crippen LogP contribution is 2.28. The Morgan fingerprint density at radius 3 is 3.00 bits per heavy atom. The summed E-state index contributed by atoms with van der Waals surface area (Å²) in [6, 6.07) is 3.75. The van der Waals surface area contributed by atoms with Gasteiger partial charge < -0.3 is 14.5 Å². The van der Waals surface area contributed by atoms with Gasteiger partial charge in [-0.05, 0) is 67.3 Å². The minimum atomic E-state index is -0.181. The van der Waals surface area contributed by atoms with E-state index in [0.717, 1.165) is 37.0 Å². The molecule has 1 aliphatic rings. The van der Waals surface area contributed by atoms with Crippen molar-refractivity contribution < 1.29 is 4.39 Å². The first kappa shape index (κ1) is 13.5. The van der Waals surface area contributed by atoms with E-state index in [4.69, 9.17) is 12.2 Å². The largest absolute Gasteiger partial charge is 0.331 e. The summed E-state index contributed by atoms with van der Waals surface area (Å²) in [5.74, 6) is -0.181. The zero-order valence-electron chi connectivity index (χ0n) is 10.6. The monoisotopic (exact) mass is 391 g/mol. The zero-order chi connectivity index (χ0) is 13.6. The van der Waals surface area contributed by atoms with Gasteiger partial charge in [0.25, 0.3) is 0 Å². The fraction of sp³-hybridized carbons (Fsp3) is 0.462. The van der Waals surface area contributed by atoms with Gasteiger partial charge in [-0.2, -0.15) is 0 Å². The Labute approximate surface area is 129 Å². The number of likely N-dealkylation sites (tertiary alicyclic amines) is 1. The Balaban J connectivity index is 2.14. The number of hydrogen-bond acceptors (Lipinski definition) is 2. The number of imidazole rings is 1. The van der Waals surface area contributed by atoms with Crippen molar-refractivity contribution in [2.75, 3.05) is 20.1 Å². The molecule has 0 radical (unpaired) electrons. The molecular formula is C13H15FIN3S. The molecular weight excluding hydrogens is 376 g/mol. The Morgan fingerprint density at radius 1 is 1.47 bits per heavy atom. The molecule has 2 heterocycles. The molecule has 19 heavy (non-hydrogen) atoms. The third-order valence-corrected chi connectivity index (χ3v) is 4.85. The Bertz CT molecular complexity index is 678. The quantitative estimate of drug-likeness (QED) is 0.592. The van der Waals surface area contributed by atoms with Gasteiger partial charge in [-0.15, -0.1) is 0 Å². The maximum atomic E-state index is 13.8. The van der Waals surface area contributed by atoms with Crippen molar-refractivity contribution >= 4 is 45.8 Å². The number of hydrogen-bond donors (Lipinski definition) is 1. The molecule has 0 spiro atoms. The number of nitrogens with zero attached hydrogens (tertiary/aromatic N) is 2. The summed E-state index contributed by atoms with van der Waals surface area (Å²) < 4.78 is 17.2. The van der Waals surface area contributed by atoms with E-state index in [-0.39, 0.29) is 5.82 Å². The minimum Gasteiger partial charge on any atom is -0.331 e. The van der Waals surface area contributed by atoms with E-state index >= 15 is 0 Å². The molecule has 1 unspecified atom stereocenters. The van der Waals surface area contributed by atoms with Gasteiger partial charge in [0.1, 0.15) is 5.82 Å². The van der Waals surface area contributed by atoms with Crippen LogP contribution in [0.25, 0.3) is 11.0 Å². The summed E-state index contributed by atoms with van der Waals surface area (Å²) in [7, 11) is 2.12. The van der Waals surface area contributed by atoms with Gasteiger partial charge in [-0.1, -0.05) is 0 Å². The van der Waals surface area contributed by atoms with Gasteiger partial charge in [-0.25, -0.2) is 4.39 Å². The molecule has 1 aliphatic heterocycles. The number of fused-ring (bicyclic) bond motifs is 1. The number of nitrogens with one attached hydrogen (secondary N) is 1. The van der Waals surface area contributed by atoms with Crippen LogP contribution in [0.5, 0.6) is 0 Å². The van der Waals surface area contributed by atoms with Gasteiger partial charge in [-0.3, -0.25) is 0 Å². The maximum Gasteiger partial charge on any atom is 0.178 e. The van der Waals surface area contributed by atoms with Gasteiger partial charge in [0, 0.05) is 18.7 Å². The van der Waals surface area contributed by atoms with Crippen LogP contribution in [0, 0.1) is 14.2 Å². The summed E-state index contributed by atoms with van der Waals surface area (Å²) in [5, 5.41) is 0. The zero-order valence-corrected chi connectivity index (χ0v) is 13.6. The van der Waals surface area contributed by atoms with Gasteiger partial charge >= 0.3 is 0 Å². The number of aromatic nitrogens is 2. The summed E-state index contributed by atoms with van der Waals surface area (Å²) in [4.78, 5) is 5.50. The summed E-state index contributed by atoms with van der Waals surface area (Å²) in [6.45, 7) is 2.09. The smallest absolute Gasteiger partial charge is 0.178 e. The Hall–Kier alpha value is -0.470. The van der Waals surface area contributed by atoms with E-state index in [1.54, 1.807) is 6.07 Å². The highest BCUT2D eigenvalue weighted by molar-refractivity contribution is 14.1. The molecule has 102 valence electrons. The highest BCUT2D eigenvalue weighted by Gasteiger charge is 2.21. The van der Waals surface area contributed by atoms with Crippen LogP contribution in [0.3, 0.4) is 0 Å².